The standard InChI is InChI=1S/C15H19N3O6/c1-9-3-5-17-11(7-9)16-18-6-4-10(19)13(12(18)14(17)20)23-8-24-15(21)22-2/h4,6,9,11,16H,3,5,7-8H2,1-2H3. The molecule has 0 radical (unpaired) electrons. The Hall–Kier alpha value is -2.71. The van der Waals surface area contributed by atoms with E-state index in [0.717, 1.165) is 20.0 Å². The Morgan fingerprint density at radius 2 is 2.21 bits per heavy atom. The average Bonchev–Trinajstić information content (AvgIpc) is 2.56. The molecule has 1 saturated heterocycles. The highest BCUT2D eigenvalue weighted by molar-refractivity contribution is 5.96. The Bertz CT molecular complexity index is 716. The zero-order valence-corrected chi connectivity index (χ0v) is 13.5. The summed E-state index contributed by atoms with van der Waals surface area (Å²) in [6.07, 6.45) is 2.19. The van der Waals surface area contributed by atoms with Gasteiger partial charge in [0, 0.05) is 18.8 Å². The summed E-state index contributed by atoms with van der Waals surface area (Å²) in [5.41, 5.74) is 2.84. The van der Waals surface area contributed by atoms with Gasteiger partial charge in [0.25, 0.3) is 5.91 Å². The highest BCUT2D eigenvalue weighted by Gasteiger charge is 2.38. The molecule has 0 spiro atoms. The van der Waals surface area contributed by atoms with Crippen LogP contribution in [0.3, 0.4) is 0 Å². The van der Waals surface area contributed by atoms with E-state index in [-0.39, 0.29) is 23.5 Å². The summed E-state index contributed by atoms with van der Waals surface area (Å²) in [7, 11) is 1.16. The van der Waals surface area contributed by atoms with Gasteiger partial charge in [-0.1, -0.05) is 6.92 Å². The molecule has 1 aromatic rings. The second-order valence-electron chi connectivity index (χ2n) is 5.86. The number of piperidine rings is 1. The lowest BCUT2D eigenvalue weighted by atomic mass is 9.95. The van der Waals surface area contributed by atoms with Crippen LogP contribution in [0, 0.1) is 5.92 Å². The summed E-state index contributed by atoms with van der Waals surface area (Å²) in [4.78, 5) is 37.5. The fourth-order valence-electron chi connectivity index (χ4n) is 2.96. The van der Waals surface area contributed by atoms with Crippen LogP contribution in [0.15, 0.2) is 17.1 Å². The number of methoxy groups -OCH3 is 1. The summed E-state index contributed by atoms with van der Waals surface area (Å²) in [5.74, 6) is 0.0732. The summed E-state index contributed by atoms with van der Waals surface area (Å²) >= 11 is 0. The van der Waals surface area contributed by atoms with E-state index < -0.39 is 18.4 Å². The lowest BCUT2D eigenvalue weighted by Crippen LogP contribution is -2.57. The molecule has 24 heavy (non-hydrogen) atoms. The molecule has 1 fully saturated rings. The van der Waals surface area contributed by atoms with Crippen molar-refractivity contribution in [3.05, 3.63) is 28.2 Å². The van der Waals surface area contributed by atoms with E-state index in [1.54, 1.807) is 4.90 Å². The van der Waals surface area contributed by atoms with E-state index >= 15 is 0 Å². The molecule has 0 saturated carbocycles. The molecule has 3 rings (SSSR count). The average molecular weight is 337 g/mol. The van der Waals surface area contributed by atoms with Crippen molar-refractivity contribution in [3.63, 3.8) is 0 Å². The number of carbonyl (C=O) groups excluding carboxylic acids is 2. The number of ether oxygens (including phenoxy) is 3. The largest absolute Gasteiger partial charge is 0.510 e. The van der Waals surface area contributed by atoms with Gasteiger partial charge in [0.15, 0.2) is 5.69 Å². The fourth-order valence-corrected chi connectivity index (χ4v) is 2.96. The maximum atomic E-state index is 12.8. The minimum atomic E-state index is -0.936. The van der Waals surface area contributed by atoms with Crippen molar-refractivity contribution in [2.24, 2.45) is 5.92 Å². The molecular weight excluding hydrogens is 318 g/mol. The van der Waals surface area contributed by atoms with Crippen LogP contribution in [-0.2, 0) is 9.47 Å². The third-order valence-electron chi connectivity index (χ3n) is 4.22. The van der Waals surface area contributed by atoms with Crippen LogP contribution in [0.2, 0.25) is 0 Å². The number of hydrogen-bond acceptors (Lipinski definition) is 7. The topological polar surface area (TPSA) is 99.1 Å². The number of aromatic nitrogens is 1. The van der Waals surface area contributed by atoms with Crippen molar-refractivity contribution < 1.29 is 23.8 Å². The Morgan fingerprint density at radius 1 is 1.42 bits per heavy atom. The first-order valence-corrected chi connectivity index (χ1v) is 7.68. The van der Waals surface area contributed by atoms with E-state index in [2.05, 4.69) is 21.8 Å². The highest BCUT2D eigenvalue weighted by atomic mass is 16.8. The molecule has 130 valence electrons. The zero-order valence-electron chi connectivity index (χ0n) is 13.5. The van der Waals surface area contributed by atoms with Gasteiger partial charge in [0.2, 0.25) is 18.0 Å². The van der Waals surface area contributed by atoms with Crippen molar-refractivity contribution in [2.75, 3.05) is 25.9 Å². The van der Waals surface area contributed by atoms with Gasteiger partial charge >= 0.3 is 6.16 Å². The Kier molecular flexibility index (Phi) is 4.32. The predicted octanol–water partition coefficient (Wildman–Crippen LogP) is 0.723. The normalized spacial score (nSPS) is 22.1. The molecule has 9 nitrogen and oxygen atoms in total. The Balaban J connectivity index is 1.87. The van der Waals surface area contributed by atoms with E-state index in [1.807, 2.05) is 0 Å². The molecule has 1 aromatic heterocycles. The number of amides is 1. The van der Waals surface area contributed by atoms with Crippen LogP contribution in [0.25, 0.3) is 0 Å². The van der Waals surface area contributed by atoms with Crippen LogP contribution in [0.5, 0.6) is 5.75 Å². The van der Waals surface area contributed by atoms with E-state index in [9.17, 15) is 14.4 Å². The monoisotopic (exact) mass is 337 g/mol. The van der Waals surface area contributed by atoms with Gasteiger partial charge in [0.1, 0.15) is 6.17 Å². The van der Waals surface area contributed by atoms with Gasteiger partial charge < -0.3 is 24.5 Å². The molecule has 2 aliphatic rings. The molecule has 2 unspecified atom stereocenters. The molecule has 3 heterocycles. The molecule has 2 atom stereocenters. The first-order chi connectivity index (χ1) is 11.5. The third kappa shape index (κ3) is 2.89. The van der Waals surface area contributed by atoms with Crippen molar-refractivity contribution in [3.8, 4) is 5.75 Å². The molecule has 1 N–H and O–H groups in total. The minimum Gasteiger partial charge on any atom is -0.451 e. The maximum Gasteiger partial charge on any atom is 0.510 e. The zero-order chi connectivity index (χ0) is 17.3. The second-order valence-corrected chi connectivity index (χ2v) is 5.86. The van der Waals surface area contributed by atoms with Crippen molar-refractivity contribution >= 4 is 12.1 Å². The molecular formula is C15H19N3O6. The Morgan fingerprint density at radius 3 is 2.96 bits per heavy atom. The summed E-state index contributed by atoms with van der Waals surface area (Å²) in [6.45, 7) is 2.23. The van der Waals surface area contributed by atoms with Gasteiger partial charge in [-0.05, 0) is 18.8 Å². The van der Waals surface area contributed by atoms with Gasteiger partial charge in [-0.2, -0.15) is 0 Å². The quantitative estimate of drug-likeness (QED) is 0.641. The lowest BCUT2D eigenvalue weighted by Gasteiger charge is -2.43. The molecule has 9 heteroatoms. The Labute approximate surface area is 138 Å². The second kappa shape index (κ2) is 6.42. The fraction of sp³-hybridized carbons (Fsp3) is 0.533. The van der Waals surface area contributed by atoms with Crippen molar-refractivity contribution in [2.45, 2.75) is 25.9 Å². The first kappa shape index (κ1) is 16.2. The number of carbonyl (C=O) groups is 2. The van der Waals surface area contributed by atoms with E-state index in [0.29, 0.717) is 12.5 Å². The lowest BCUT2D eigenvalue weighted by molar-refractivity contribution is 0.0132. The highest BCUT2D eigenvalue weighted by Crippen LogP contribution is 2.28. The van der Waals surface area contributed by atoms with Gasteiger partial charge in [-0.15, -0.1) is 0 Å². The van der Waals surface area contributed by atoms with Gasteiger partial charge in [-0.3, -0.25) is 14.3 Å². The van der Waals surface area contributed by atoms with Crippen LogP contribution in [0.4, 0.5) is 4.79 Å². The number of fused-ring (bicyclic) bond motifs is 2. The number of pyridine rings is 1. The summed E-state index contributed by atoms with van der Waals surface area (Å²) in [5, 5.41) is 0. The van der Waals surface area contributed by atoms with Crippen LogP contribution in [0.1, 0.15) is 30.3 Å². The van der Waals surface area contributed by atoms with E-state index in [4.69, 9.17) is 4.74 Å². The van der Waals surface area contributed by atoms with Crippen molar-refractivity contribution in [1.29, 1.82) is 0 Å². The number of hydrogen-bond donors (Lipinski definition) is 1. The summed E-state index contributed by atoms with van der Waals surface area (Å²) in [6, 6.07) is 1.29. The number of nitrogens with one attached hydrogen (secondary N) is 1. The van der Waals surface area contributed by atoms with Gasteiger partial charge in [-0.25, -0.2) is 4.79 Å². The maximum absolute atomic E-state index is 12.8. The smallest absolute Gasteiger partial charge is 0.451 e. The SMILES string of the molecule is COC(=O)OCOc1c2n(ccc1=O)NC1CC(C)CCN1C2=O. The van der Waals surface area contributed by atoms with Crippen molar-refractivity contribution in [1.82, 2.24) is 9.58 Å². The summed E-state index contributed by atoms with van der Waals surface area (Å²) < 4.78 is 15.7. The predicted molar refractivity (Wildman–Crippen MR) is 82.3 cm³/mol. The van der Waals surface area contributed by atoms with Crippen LogP contribution < -0.4 is 15.6 Å². The first-order valence-electron chi connectivity index (χ1n) is 7.68. The molecule has 0 bridgehead atoms. The molecule has 1 amide bonds. The molecule has 0 aliphatic carbocycles. The van der Waals surface area contributed by atoms with Gasteiger partial charge in [0.05, 0.1) is 7.11 Å². The number of rotatable bonds is 3. The van der Waals surface area contributed by atoms with E-state index in [1.165, 1.54) is 16.9 Å². The molecule has 2 aliphatic heterocycles. The number of nitrogens with zero attached hydrogens (tertiary/aromatic N) is 2. The van der Waals surface area contributed by atoms with Crippen LogP contribution in [-0.4, -0.2) is 48.3 Å². The van der Waals surface area contributed by atoms with Crippen LogP contribution >= 0.6 is 0 Å². The minimum absolute atomic E-state index is 0.0989. The third-order valence-corrected chi connectivity index (χ3v) is 4.22. The molecule has 0 aromatic carbocycles.